The largest absolute Gasteiger partial charge is 0.326 e. The highest BCUT2D eigenvalue weighted by molar-refractivity contribution is 8.15. The number of rotatable bonds is 9. The Balaban J connectivity index is 1.23. The van der Waals surface area contributed by atoms with Gasteiger partial charge in [0.2, 0.25) is 11.8 Å². The molecule has 1 atom stereocenters. The van der Waals surface area contributed by atoms with Gasteiger partial charge in [-0.05, 0) is 59.2 Å². The van der Waals surface area contributed by atoms with Crippen molar-refractivity contribution in [2.75, 3.05) is 11.9 Å². The third-order valence-corrected chi connectivity index (χ3v) is 6.34. The van der Waals surface area contributed by atoms with Gasteiger partial charge in [0.15, 0.2) is 5.82 Å². The van der Waals surface area contributed by atoms with E-state index < -0.39 is 5.25 Å². The molecule has 1 unspecified atom stereocenters. The lowest BCUT2D eigenvalue weighted by atomic mass is 10.1. The van der Waals surface area contributed by atoms with E-state index in [1.165, 1.54) is 4.90 Å². The van der Waals surface area contributed by atoms with Gasteiger partial charge in [0.1, 0.15) is 0 Å². The number of carbonyl (C=O) groups is 3. The number of aromatic amines is 1. The number of anilines is 1. The second-order valence-electron chi connectivity index (χ2n) is 7.56. The predicted octanol–water partition coefficient (Wildman–Crippen LogP) is 2.85. The molecule has 1 aliphatic heterocycles. The highest BCUT2D eigenvalue weighted by atomic mass is 32.2. The standard InChI is InChI=1S/C22H23N7O3S/c1-2-14-5-8-17(23-13-14)12-18-21(31)29(22(32)33-18)11-3-4-19(30)24-16-9-6-15(7-10-16)20-25-27-28-26-20/h5-10,13,18H,2-4,11-12H2,1H3,(H,24,30)(H,25,26,27,28). The van der Waals surface area contributed by atoms with E-state index in [-0.39, 0.29) is 30.0 Å². The van der Waals surface area contributed by atoms with E-state index >= 15 is 0 Å². The van der Waals surface area contributed by atoms with Crippen LogP contribution in [0.15, 0.2) is 42.6 Å². The Morgan fingerprint density at radius 3 is 2.67 bits per heavy atom. The fourth-order valence-electron chi connectivity index (χ4n) is 3.42. The van der Waals surface area contributed by atoms with Crippen LogP contribution in [-0.4, -0.2) is 59.4 Å². The number of hydrogen-bond donors (Lipinski definition) is 2. The number of imide groups is 1. The highest BCUT2D eigenvalue weighted by Crippen LogP contribution is 2.29. The number of hydrogen-bond acceptors (Lipinski definition) is 8. The molecule has 0 bridgehead atoms. The number of aryl methyl sites for hydroxylation is 1. The molecule has 3 amide bonds. The number of nitrogens with zero attached hydrogens (tertiary/aromatic N) is 5. The summed E-state index contributed by atoms with van der Waals surface area (Å²) >= 11 is 1.03. The second kappa shape index (κ2) is 10.3. The Labute approximate surface area is 194 Å². The fourth-order valence-corrected chi connectivity index (χ4v) is 4.45. The van der Waals surface area contributed by atoms with Gasteiger partial charge in [-0.15, -0.1) is 5.10 Å². The normalized spacial score (nSPS) is 15.8. The maximum atomic E-state index is 12.7. The summed E-state index contributed by atoms with van der Waals surface area (Å²) in [4.78, 5) is 42.9. The van der Waals surface area contributed by atoms with Crippen molar-refractivity contribution in [2.45, 2.75) is 37.9 Å². The lowest BCUT2D eigenvalue weighted by molar-refractivity contribution is -0.127. The maximum Gasteiger partial charge on any atom is 0.289 e. The first kappa shape index (κ1) is 22.6. The molecule has 0 spiro atoms. The second-order valence-corrected chi connectivity index (χ2v) is 8.71. The first-order chi connectivity index (χ1) is 16.0. The molecule has 1 aromatic carbocycles. The zero-order valence-corrected chi connectivity index (χ0v) is 18.8. The van der Waals surface area contributed by atoms with Crippen molar-refractivity contribution in [1.82, 2.24) is 30.5 Å². The first-order valence-corrected chi connectivity index (χ1v) is 11.5. The maximum absolute atomic E-state index is 12.7. The van der Waals surface area contributed by atoms with Crippen molar-refractivity contribution in [3.8, 4) is 11.4 Å². The third-order valence-electron chi connectivity index (χ3n) is 5.27. The Bertz CT molecular complexity index is 1120. The fraction of sp³-hybridized carbons (Fsp3) is 0.318. The van der Waals surface area contributed by atoms with Crippen molar-refractivity contribution in [3.63, 3.8) is 0 Å². The number of nitrogens with one attached hydrogen (secondary N) is 2. The quantitative estimate of drug-likeness (QED) is 0.493. The highest BCUT2D eigenvalue weighted by Gasteiger charge is 2.39. The summed E-state index contributed by atoms with van der Waals surface area (Å²) in [7, 11) is 0. The van der Waals surface area contributed by atoms with Crippen LogP contribution >= 0.6 is 11.8 Å². The van der Waals surface area contributed by atoms with Crippen LogP contribution in [0, 0.1) is 0 Å². The zero-order chi connectivity index (χ0) is 23.2. The molecule has 1 fully saturated rings. The average molecular weight is 466 g/mol. The van der Waals surface area contributed by atoms with Gasteiger partial charge in [-0.3, -0.25) is 24.3 Å². The molecule has 33 heavy (non-hydrogen) atoms. The molecule has 0 aliphatic carbocycles. The molecule has 0 saturated carbocycles. The number of pyridine rings is 1. The van der Waals surface area contributed by atoms with E-state index in [1.54, 1.807) is 30.5 Å². The minimum atomic E-state index is -0.468. The van der Waals surface area contributed by atoms with Gasteiger partial charge in [-0.2, -0.15) is 0 Å². The van der Waals surface area contributed by atoms with E-state index in [4.69, 9.17) is 0 Å². The number of carbonyl (C=O) groups excluding carboxylic acids is 3. The first-order valence-electron chi connectivity index (χ1n) is 10.6. The number of benzene rings is 1. The Kier molecular flexibility index (Phi) is 7.08. The van der Waals surface area contributed by atoms with Gasteiger partial charge in [0, 0.05) is 42.5 Å². The number of H-pyrrole nitrogens is 1. The van der Waals surface area contributed by atoms with Crippen molar-refractivity contribution < 1.29 is 14.4 Å². The van der Waals surface area contributed by atoms with Crippen molar-refractivity contribution in [3.05, 3.63) is 53.9 Å². The molecule has 170 valence electrons. The van der Waals surface area contributed by atoms with Crippen LogP contribution in [0.5, 0.6) is 0 Å². The number of amides is 3. The van der Waals surface area contributed by atoms with Crippen molar-refractivity contribution in [1.29, 1.82) is 0 Å². The Morgan fingerprint density at radius 2 is 2.00 bits per heavy atom. The molecular weight excluding hydrogens is 442 g/mol. The van der Waals surface area contributed by atoms with E-state index in [2.05, 4.69) is 37.8 Å². The summed E-state index contributed by atoms with van der Waals surface area (Å²) in [6.45, 7) is 2.27. The zero-order valence-electron chi connectivity index (χ0n) is 18.0. The molecule has 10 nitrogen and oxygen atoms in total. The average Bonchev–Trinajstić information content (AvgIpc) is 3.45. The smallest absolute Gasteiger partial charge is 0.289 e. The van der Waals surface area contributed by atoms with E-state index in [9.17, 15) is 14.4 Å². The molecular formula is C22H23N7O3S. The summed E-state index contributed by atoms with van der Waals surface area (Å²) in [6, 6.07) is 11.0. The van der Waals surface area contributed by atoms with Crippen LogP contribution < -0.4 is 5.32 Å². The lowest BCUT2D eigenvalue weighted by Gasteiger charge is -2.13. The summed E-state index contributed by atoms with van der Waals surface area (Å²) < 4.78 is 0. The third kappa shape index (κ3) is 5.61. The van der Waals surface area contributed by atoms with Crippen LogP contribution in [0.4, 0.5) is 10.5 Å². The van der Waals surface area contributed by atoms with Crippen LogP contribution in [0.1, 0.15) is 31.0 Å². The van der Waals surface area contributed by atoms with Crippen LogP contribution in [-0.2, 0) is 22.4 Å². The molecule has 2 N–H and O–H groups in total. The van der Waals surface area contributed by atoms with E-state index in [0.29, 0.717) is 24.4 Å². The molecule has 0 radical (unpaired) electrons. The lowest BCUT2D eigenvalue weighted by Crippen LogP contribution is -2.33. The van der Waals surface area contributed by atoms with Gasteiger partial charge in [-0.1, -0.05) is 24.8 Å². The number of aromatic nitrogens is 5. The Morgan fingerprint density at radius 1 is 1.18 bits per heavy atom. The number of tetrazole rings is 1. The summed E-state index contributed by atoms with van der Waals surface area (Å²) in [5.41, 5.74) is 3.36. The van der Waals surface area contributed by atoms with Crippen LogP contribution in [0.25, 0.3) is 11.4 Å². The topological polar surface area (TPSA) is 134 Å². The van der Waals surface area contributed by atoms with Crippen molar-refractivity contribution in [2.24, 2.45) is 0 Å². The van der Waals surface area contributed by atoms with Gasteiger partial charge in [0.05, 0.1) is 5.25 Å². The molecule has 4 rings (SSSR count). The summed E-state index contributed by atoms with van der Waals surface area (Å²) in [5, 5.41) is 15.6. The molecule has 11 heteroatoms. The minimum Gasteiger partial charge on any atom is -0.326 e. The molecule has 2 aromatic heterocycles. The van der Waals surface area contributed by atoms with Gasteiger partial charge >= 0.3 is 0 Å². The van der Waals surface area contributed by atoms with E-state index in [0.717, 1.165) is 35.0 Å². The van der Waals surface area contributed by atoms with Gasteiger partial charge < -0.3 is 5.32 Å². The minimum absolute atomic E-state index is 0.187. The summed E-state index contributed by atoms with van der Waals surface area (Å²) in [5.74, 6) is 0.134. The summed E-state index contributed by atoms with van der Waals surface area (Å²) in [6.07, 6.45) is 3.70. The van der Waals surface area contributed by atoms with Gasteiger partial charge in [-0.25, -0.2) is 5.10 Å². The van der Waals surface area contributed by atoms with Crippen molar-refractivity contribution >= 4 is 34.5 Å². The van der Waals surface area contributed by atoms with Gasteiger partial charge in [0.25, 0.3) is 5.24 Å². The predicted molar refractivity (Wildman–Crippen MR) is 123 cm³/mol. The molecule has 1 aliphatic rings. The molecule has 1 saturated heterocycles. The SMILES string of the molecule is CCc1ccc(CC2SC(=O)N(CCCC(=O)Nc3ccc(-c4nnn[nH]4)cc3)C2=O)nc1. The molecule has 3 aromatic rings. The van der Waals surface area contributed by atoms with E-state index in [1.807, 2.05) is 12.1 Å². The number of thioether (sulfide) groups is 1. The Hall–Kier alpha value is -3.60. The van der Waals surface area contributed by atoms with Crippen LogP contribution in [0.3, 0.4) is 0 Å². The molecule has 3 heterocycles. The monoisotopic (exact) mass is 465 g/mol. The van der Waals surface area contributed by atoms with Crippen LogP contribution in [0.2, 0.25) is 0 Å².